The summed E-state index contributed by atoms with van der Waals surface area (Å²) in [5, 5.41) is 2.84. The van der Waals surface area contributed by atoms with Gasteiger partial charge in [-0.25, -0.2) is 4.98 Å². The van der Waals surface area contributed by atoms with Gasteiger partial charge < -0.3 is 20.2 Å². The molecule has 0 fully saturated rings. The van der Waals surface area contributed by atoms with Crippen molar-refractivity contribution in [3.05, 3.63) is 65.6 Å². The molecule has 3 rings (SSSR count). The number of carbonyl (C=O) groups is 1. The van der Waals surface area contributed by atoms with Crippen molar-refractivity contribution in [2.45, 2.75) is 32.9 Å². The van der Waals surface area contributed by atoms with Crippen molar-refractivity contribution in [1.82, 2.24) is 14.7 Å². The molecular formula is C20H24N4O2. The standard InChI is InChI=1S/C20H24N4O2/c1-14-7-6-10-24-11-15(23-18(14)24)12-26-17-9-5-4-8-16(17)19(25)22-13-20(2,3)21/h4-11H,12-13,21H2,1-3H3,(H,22,25). The number of aryl methyl sites for hydroxylation is 1. The molecule has 6 nitrogen and oxygen atoms in total. The molecule has 0 atom stereocenters. The van der Waals surface area contributed by atoms with E-state index in [0.717, 1.165) is 16.9 Å². The molecule has 2 heterocycles. The number of nitrogens with two attached hydrogens (primary N) is 1. The second kappa shape index (κ2) is 7.17. The van der Waals surface area contributed by atoms with E-state index in [1.807, 2.05) is 61.8 Å². The number of pyridine rings is 1. The highest BCUT2D eigenvalue weighted by atomic mass is 16.5. The van der Waals surface area contributed by atoms with Crippen LogP contribution in [0.25, 0.3) is 5.65 Å². The molecule has 1 amide bonds. The van der Waals surface area contributed by atoms with Gasteiger partial charge in [-0.15, -0.1) is 0 Å². The average Bonchev–Trinajstić information content (AvgIpc) is 3.02. The summed E-state index contributed by atoms with van der Waals surface area (Å²) in [6, 6.07) is 11.2. The first-order chi connectivity index (χ1) is 12.3. The van der Waals surface area contributed by atoms with Gasteiger partial charge in [-0.05, 0) is 44.5 Å². The molecule has 0 spiro atoms. The van der Waals surface area contributed by atoms with Gasteiger partial charge in [0.25, 0.3) is 5.91 Å². The summed E-state index contributed by atoms with van der Waals surface area (Å²) < 4.78 is 7.85. The number of imidazole rings is 1. The second-order valence-corrected chi connectivity index (χ2v) is 7.11. The van der Waals surface area contributed by atoms with E-state index in [4.69, 9.17) is 10.5 Å². The van der Waals surface area contributed by atoms with Crippen molar-refractivity contribution >= 4 is 11.6 Å². The van der Waals surface area contributed by atoms with Gasteiger partial charge in [0, 0.05) is 24.5 Å². The highest BCUT2D eigenvalue weighted by Gasteiger charge is 2.16. The average molecular weight is 352 g/mol. The lowest BCUT2D eigenvalue weighted by Gasteiger charge is -2.19. The Morgan fingerprint density at radius 2 is 2.04 bits per heavy atom. The third-order valence-corrected chi connectivity index (χ3v) is 3.94. The fourth-order valence-corrected chi connectivity index (χ4v) is 2.61. The Labute approximate surface area is 153 Å². The Balaban J connectivity index is 1.73. The molecule has 0 bridgehead atoms. The van der Waals surface area contributed by atoms with Crippen molar-refractivity contribution < 1.29 is 9.53 Å². The van der Waals surface area contributed by atoms with Crippen LogP contribution in [0, 0.1) is 6.92 Å². The van der Waals surface area contributed by atoms with Crippen LogP contribution < -0.4 is 15.8 Å². The summed E-state index contributed by atoms with van der Waals surface area (Å²) in [6.45, 7) is 6.41. The smallest absolute Gasteiger partial charge is 0.255 e. The van der Waals surface area contributed by atoms with Crippen LogP contribution >= 0.6 is 0 Å². The van der Waals surface area contributed by atoms with E-state index < -0.39 is 5.54 Å². The molecule has 6 heteroatoms. The van der Waals surface area contributed by atoms with Crippen LogP contribution in [0.15, 0.2) is 48.8 Å². The number of carbonyl (C=O) groups excluding carboxylic acids is 1. The monoisotopic (exact) mass is 352 g/mol. The minimum Gasteiger partial charge on any atom is -0.486 e. The van der Waals surface area contributed by atoms with Crippen LogP contribution in [0.5, 0.6) is 5.75 Å². The maximum absolute atomic E-state index is 12.4. The Bertz CT molecular complexity index is 925. The first-order valence-corrected chi connectivity index (χ1v) is 8.55. The number of nitrogens with zero attached hydrogens (tertiary/aromatic N) is 2. The molecular weight excluding hydrogens is 328 g/mol. The van der Waals surface area contributed by atoms with Crippen LogP contribution in [0.1, 0.15) is 35.5 Å². The Hall–Kier alpha value is -2.86. The lowest BCUT2D eigenvalue weighted by molar-refractivity contribution is 0.0941. The normalized spacial score (nSPS) is 11.5. The van der Waals surface area contributed by atoms with Crippen molar-refractivity contribution in [2.75, 3.05) is 6.54 Å². The number of benzene rings is 1. The van der Waals surface area contributed by atoms with Gasteiger partial charge in [-0.1, -0.05) is 18.2 Å². The van der Waals surface area contributed by atoms with E-state index in [-0.39, 0.29) is 12.5 Å². The van der Waals surface area contributed by atoms with Crippen LogP contribution in [0.2, 0.25) is 0 Å². The van der Waals surface area contributed by atoms with E-state index in [9.17, 15) is 4.79 Å². The molecule has 136 valence electrons. The number of nitrogens with one attached hydrogen (secondary N) is 1. The van der Waals surface area contributed by atoms with Gasteiger partial charge in [0.2, 0.25) is 0 Å². The molecule has 0 saturated carbocycles. The highest BCUT2D eigenvalue weighted by molar-refractivity contribution is 5.96. The fourth-order valence-electron chi connectivity index (χ4n) is 2.61. The second-order valence-electron chi connectivity index (χ2n) is 7.11. The van der Waals surface area contributed by atoms with Gasteiger partial charge in [0.15, 0.2) is 0 Å². The summed E-state index contributed by atoms with van der Waals surface area (Å²) in [7, 11) is 0. The summed E-state index contributed by atoms with van der Waals surface area (Å²) in [6.07, 6.45) is 3.89. The maximum Gasteiger partial charge on any atom is 0.255 e. The molecule has 0 radical (unpaired) electrons. The number of para-hydroxylation sites is 1. The zero-order valence-electron chi connectivity index (χ0n) is 15.3. The SMILES string of the molecule is Cc1cccn2cc(COc3ccccc3C(=O)NCC(C)(C)N)nc12. The molecule has 0 aliphatic heterocycles. The Morgan fingerprint density at radius 1 is 1.27 bits per heavy atom. The third kappa shape index (κ3) is 4.21. The zero-order chi connectivity index (χ0) is 18.7. The fraction of sp³-hybridized carbons (Fsp3) is 0.300. The predicted molar refractivity (Wildman–Crippen MR) is 101 cm³/mol. The molecule has 0 saturated heterocycles. The summed E-state index contributed by atoms with van der Waals surface area (Å²) >= 11 is 0. The van der Waals surface area contributed by atoms with E-state index in [1.165, 1.54) is 0 Å². The molecule has 26 heavy (non-hydrogen) atoms. The summed E-state index contributed by atoms with van der Waals surface area (Å²) in [5.41, 5.74) is 8.75. The van der Waals surface area contributed by atoms with E-state index >= 15 is 0 Å². The molecule has 2 aromatic heterocycles. The number of rotatable bonds is 6. The lowest BCUT2D eigenvalue weighted by Crippen LogP contribution is -2.45. The first-order valence-electron chi connectivity index (χ1n) is 8.55. The number of fused-ring (bicyclic) bond motifs is 1. The predicted octanol–water partition coefficient (Wildman–Crippen LogP) is 2.69. The van der Waals surface area contributed by atoms with Gasteiger partial charge in [-0.3, -0.25) is 4.79 Å². The van der Waals surface area contributed by atoms with Gasteiger partial charge >= 0.3 is 0 Å². The number of hydrogen-bond donors (Lipinski definition) is 2. The Kier molecular flexibility index (Phi) is 4.95. The van der Waals surface area contributed by atoms with Crippen LogP contribution in [0.3, 0.4) is 0 Å². The number of ether oxygens (including phenoxy) is 1. The van der Waals surface area contributed by atoms with Crippen LogP contribution in [-0.4, -0.2) is 27.4 Å². The molecule has 3 N–H and O–H groups in total. The third-order valence-electron chi connectivity index (χ3n) is 3.94. The van der Waals surface area contributed by atoms with E-state index in [1.54, 1.807) is 12.1 Å². The topological polar surface area (TPSA) is 81.7 Å². The number of aromatic nitrogens is 2. The molecule has 0 aliphatic rings. The quantitative estimate of drug-likeness (QED) is 0.715. The molecule has 0 unspecified atom stereocenters. The van der Waals surface area contributed by atoms with E-state index in [0.29, 0.717) is 17.9 Å². The van der Waals surface area contributed by atoms with Gasteiger partial charge in [-0.2, -0.15) is 0 Å². The van der Waals surface area contributed by atoms with Crippen molar-refractivity contribution in [1.29, 1.82) is 0 Å². The maximum atomic E-state index is 12.4. The lowest BCUT2D eigenvalue weighted by atomic mass is 10.1. The largest absolute Gasteiger partial charge is 0.486 e. The van der Waals surface area contributed by atoms with E-state index in [2.05, 4.69) is 10.3 Å². The minimum absolute atomic E-state index is 0.204. The van der Waals surface area contributed by atoms with Crippen molar-refractivity contribution in [3.8, 4) is 5.75 Å². The van der Waals surface area contributed by atoms with Crippen LogP contribution in [-0.2, 0) is 6.61 Å². The highest BCUT2D eigenvalue weighted by Crippen LogP contribution is 2.20. The first kappa shape index (κ1) is 17.9. The summed E-state index contributed by atoms with van der Waals surface area (Å²) in [5.74, 6) is 0.318. The number of hydrogen-bond acceptors (Lipinski definition) is 4. The van der Waals surface area contributed by atoms with Crippen LogP contribution in [0.4, 0.5) is 0 Å². The number of amides is 1. The minimum atomic E-state index is -0.472. The van der Waals surface area contributed by atoms with Gasteiger partial charge in [0.1, 0.15) is 18.0 Å². The van der Waals surface area contributed by atoms with Crippen molar-refractivity contribution in [3.63, 3.8) is 0 Å². The summed E-state index contributed by atoms with van der Waals surface area (Å²) in [4.78, 5) is 17.0. The van der Waals surface area contributed by atoms with Crippen molar-refractivity contribution in [2.24, 2.45) is 5.73 Å². The van der Waals surface area contributed by atoms with Gasteiger partial charge in [0.05, 0.1) is 11.3 Å². The molecule has 0 aliphatic carbocycles. The Morgan fingerprint density at radius 3 is 2.77 bits per heavy atom. The molecule has 3 aromatic rings. The zero-order valence-corrected chi connectivity index (χ0v) is 15.3. The molecule has 1 aromatic carbocycles.